The largest absolute Gasteiger partial charge is 0.480 e. The van der Waals surface area contributed by atoms with E-state index in [0.29, 0.717) is 17.8 Å². The van der Waals surface area contributed by atoms with Gasteiger partial charge in [-0.3, -0.25) is 4.79 Å². The van der Waals surface area contributed by atoms with Gasteiger partial charge in [-0.2, -0.15) is 0 Å². The monoisotopic (exact) mass is 294 g/mol. The highest BCUT2D eigenvalue weighted by molar-refractivity contribution is 7.91. The molecule has 3 rings (SSSR count). The van der Waals surface area contributed by atoms with Gasteiger partial charge >= 0.3 is 5.97 Å². The lowest BCUT2D eigenvalue weighted by molar-refractivity contribution is -0.137. The number of carbonyl (C=O) groups is 1. The van der Waals surface area contributed by atoms with Crippen LogP contribution in [0.4, 0.5) is 0 Å². The maximum absolute atomic E-state index is 11.6. The van der Waals surface area contributed by atoms with E-state index < -0.39 is 15.8 Å². The Bertz CT molecular complexity index is 779. The molecular weight excluding hydrogens is 280 g/mol. The fraction of sp³-hybridized carbons (Fsp3) is 0.385. The molecule has 1 N–H and O–H groups in total. The van der Waals surface area contributed by atoms with Crippen LogP contribution in [0.3, 0.4) is 0 Å². The molecule has 1 fully saturated rings. The summed E-state index contributed by atoms with van der Waals surface area (Å²) in [6.07, 6.45) is 0.505. The minimum Gasteiger partial charge on any atom is -0.480 e. The summed E-state index contributed by atoms with van der Waals surface area (Å²) < 4.78 is 24.8. The molecule has 1 aliphatic rings. The maximum atomic E-state index is 11.6. The number of hydrogen-bond acceptors (Lipinski definition) is 4. The van der Waals surface area contributed by atoms with Crippen molar-refractivity contribution in [1.82, 2.24) is 9.55 Å². The summed E-state index contributed by atoms with van der Waals surface area (Å²) in [5.41, 5.74) is 1.43. The van der Waals surface area contributed by atoms with E-state index >= 15 is 0 Å². The minimum absolute atomic E-state index is 0.0515. The lowest BCUT2D eigenvalue weighted by atomic mass is 10.1. The zero-order valence-electron chi connectivity index (χ0n) is 10.7. The number of aromatic nitrogens is 2. The van der Waals surface area contributed by atoms with E-state index in [1.165, 1.54) is 0 Å². The van der Waals surface area contributed by atoms with Crippen LogP contribution < -0.4 is 0 Å². The van der Waals surface area contributed by atoms with Gasteiger partial charge < -0.3 is 9.67 Å². The number of fused-ring (bicyclic) bond motifs is 1. The molecule has 1 saturated heterocycles. The van der Waals surface area contributed by atoms with Gasteiger partial charge in [-0.1, -0.05) is 12.1 Å². The summed E-state index contributed by atoms with van der Waals surface area (Å²) in [5, 5.41) is 9.05. The summed E-state index contributed by atoms with van der Waals surface area (Å²) in [6.45, 7) is -0.202. The number of para-hydroxylation sites is 2. The fourth-order valence-corrected chi connectivity index (χ4v) is 4.44. The number of imidazole rings is 1. The topological polar surface area (TPSA) is 89.3 Å². The van der Waals surface area contributed by atoms with E-state index in [4.69, 9.17) is 5.11 Å². The smallest absolute Gasteiger partial charge is 0.323 e. The molecule has 0 saturated carbocycles. The molecular formula is C13H14N2O4S. The second-order valence-corrected chi connectivity index (χ2v) is 7.27. The third kappa shape index (κ3) is 2.29. The minimum atomic E-state index is -3.03. The Morgan fingerprint density at radius 3 is 2.80 bits per heavy atom. The average molecular weight is 294 g/mol. The molecule has 2 heterocycles. The van der Waals surface area contributed by atoms with Crippen LogP contribution in [0.5, 0.6) is 0 Å². The lowest BCUT2D eigenvalue weighted by Gasteiger charge is -2.10. The Kier molecular flexibility index (Phi) is 3.01. The van der Waals surface area contributed by atoms with E-state index in [9.17, 15) is 13.2 Å². The van der Waals surface area contributed by atoms with Crippen molar-refractivity contribution in [3.8, 4) is 0 Å². The zero-order chi connectivity index (χ0) is 14.3. The van der Waals surface area contributed by atoms with Crippen LogP contribution in [-0.4, -0.2) is 40.6 Å². The van der Waals surface area contributed by atoms with Crippen molar-refractivity contribution >= 4 is 26.8 Å². The maximum Gasteiger partial charge on any atom is 0.323 e. The van der Waals surface area contributed by atoms with Crippen LogP contribution in [0.25, 0.3) is 11.0 Å². The van der Waals surface area contributed by atoms with Gasteiger partial charge in [0.1, 0.15) is 12.4 Å². The van der Waals surface area contributed by atoms with E-state index in [2.05, 4.69) is 4.98 Å². The third-order valence-electron chi connectivity index (χ3n) is 3.58. The third-order valence-corrected chi connectivity index (χ3v) is 5.34. The number of rotatable bonds is 3. The van der Waals surface area contributed by atoms with Crippen LogP contribution in [0.1, 0.15) is 18.2 Å². The van der Waals surface area contributed by atoms with Crippen molar-refractivity contribution in [2.75, 3.05) is 11.5 Å². The molecule has 0 radical (unpaired) electrons. The van der Waals surface area contributed by atoms with Crippen molar-refractivity contribution in [3.05, 3.63) is 30.1 Å². The normalized spacial score (nSPS) is 21.3. The van der Waals surface area contributed by atoms with Crippen molar-refractivity contribution in [2.24, 2.45) is 0 Å². The Balaban J connectivity index is 2.12. The fourth-order valence-electron chi connectivity index (χ4n) is 2.71. The van der Waals surface area contributed by atoms with Gasteiger partial charge in [0.15, 0.2) is 9.84 Å². The van der Waals surface area contributed by atoms with Crippen LogP contribution in [0.2, 0.25) is 0 Å². The van der Waals surface area contributed by atoms with Crippen LogP contribution in [-0.2, 0) is 21.2 Å². The van der Waals surface area contributed by atoms with E-state index in [0.717, 1.165) is 5.52 Å². The molecule has 0 aliphatic carbocycles. The number of carboxylic acids is 1. The van der Waals surface area contributed by atoms with Crippen molar-refractivity contribution in [1.29, 1.82) is 0 Å². The predicted molar refractivity (Wildman–Crippen MR) is 73.4 cm³/mol. The molecule has 106 valence electrons. The molecule has 1 aromatic carbocycles. The quantitative estimate of drug-likeness (QED) is 0.913. The van der Waals surface area contributed by atoms with Crippen molar-refractivity contribution in [2.45, 2.75) is 18.9 Å². The molecule has 0 amide bonds. The molecule has 1 aromatic heterocycles. The van der Waals surface area contributed by atoms with Gasteiger partial charge in [0, 0.05) is 5.92 Å². The Morgan fingerprint density at radius 2 is 2.15 bits per heavy atom. The van der Waals surface area contributed by atoms with Gasteiger partial charge in [0.05, 0.1) is 22.5 Å². The molecule has 6 nitrogen and oxygen atoms in total. The summed E-state index contributed by atoms with van der Waals surface area (Å²) in [7, 11) is -3.03. The first-order valence-electron chi connectivity index (χ1n) is 6.34. The Hall–Kier alpha value is -1.89. The number of hydrogen-bond donors (Lipinski definition) is 1. The number of sulfone groups is 1. The van der Waals surface area contributed by atoms with Gasteiger partial charge in [-0.05, 0) is 18.6 Å². The highest BCUT2D eigenvalue weighted by Crippen LogP contribution is 2.30. The van der Waals surface area contributed by atoms with Crippen molar-refractivity contribution < 1.29 is 18.3 Å². The average Bonchev–Trinajstić information content (AvgIpc) is 2.90. The second kappa shape index (κ2) is 4.59. The standard InChI is InChI=1S/C13H14N2O4S/c16-12(17)7-15-11-4-2-1-3-10(11)14-13(15)9-5-6-20(18,19)8-9/h1-4,9H,5-8H2,(H,16,17). The summed E-state index contributed by atoms with van der Waals surface area (Å²) in [5.74, 6) is -0.416. The highest BCUT2D eigenvalue weighted by atomic mass is 32.2. The van der Waals surface area contributed by atoms with Gasteiger partial charge in [0.2, 0.25) is 0 Å². The van der Waals surface area contributed by atoms with Crippen LogP contribution in [0.15, 0.2) is 24.3 Å². The van der Waals surface area contributed by atoms with Crippen molar-refractivity contribution in [3.63, 3.8) is 0 Å². The first kappa shape index (κ1) is 13.1. The Labute approximate surface area is 116 Å². The predicted octanol–water partition coefficient (Wildman–Crippen LogP) is 1.02. The summed E-state index contributed by atoms with van der Waals surface area (Å²) in [6, 6.07) is 7.26. The van der Waals surface area contributed by atoms with Crippen LogP contribution in [0, 0.1) is 0 Å². The van der Waals surface area contributed by atoms with Crippen LogP contribution >= 0.6 is 0 Å². The summed E-state index contributed by atoms with van der Waals surface area (Å²) in [4.78, 5) is 15.5. The number of nitrogens with zero attached hydrogens (tertiary/aromatic N) is 2. The summed E-state index contributed by atoms with van der Waals surface area (Å²) >= 11 is 0. The van der Waals surface area contributed by atoms with E-state index in [-0.39, 0.29) is 24.0 Å². The second-order valence-electron chi connectivity index (χ2n) is 5.04. The molecule has 2 aromatic rings. The molecule has 1 aliphatic heterocycles. The SMILES string of the molecule is O=C(O)Cn1c(C2CCS(=O)(=O)C2)nc2ccccc21. The number of benzene rings is 1. The molecule has 7 heteroatoms. The van der Waals surface area contributed by atoms with Gasteiger partial charge in [-0.15, -0.1) is 0 Å². The number of aliphatic carboxylic acids is 1. The molecule has 1 atom stereocenters. The molecule has 1 unspecified atom stereocenters. The zero-order valence-corrected chi connectivity index (χ0v) is 11.5. The van der Waals surface area contributed by atoms with Gasteiger partial charge in [0.25, 0.3) is 0 Å². The first-order valence-corrected chi connectivity index (χ1v) is 8.16. The number of carboxylic acid groups (broad SMARTS) is 1. The molecule has 0 bridgehead atoms. The van der Waals surface area contributed by atoms with E-state index in [1.54, 1.807) is 16.7 Å². The van der Waals surface area contributed by atoms with Gasteiger partial charge in [-0.25, -0.2) is 13.4 Å². The Morgan fingerprint density at radius 1 is 1.40 bits per heavy atom. The lowest BCUT2D eigenvalue weighted by Crippen LogP contribution is -2.15. The first-order chi connectivity index (χ1) is 9.46. The highest BCUT2D eigenvalue weighted by Gasteiger charge is 2.32. The molecule has 20 heavy (non-hydrogen) atoms. The van der Waals surface area contributed by atoms with E-state index in [1.807, 2.05) is 12.1 Å². The molecule has 0 spiro atoms.